The molecule has 20 heavy (non-hydrogen) atoms. The Morgan fingerprint density at radius 2 is 2.05 bits per heavy atom. The van der Waals surface area contributed by atoms with Gasteiger partial charge in [-0.15, -0.1) is 0 Å². The van der Waals surface area contributed by atoms with Crippen molar-refractivity contribution in [3.63, 3.8) is 0 Å². The molecule has 0 aliphatic heterocycles. The van der Waals surface area contributed by atoms with Gasteiger partial charge in [0.15, 0.2) is 0 Å². The van der Waals surface area contributed by atoms with E-state index in [4.69, 9.17) is 5.10 Å². The summed E-state index contributed by atoms with van der Waals surface area (Å²) in [7, 11) is 0. The van der Waals surface area contributed by atoms with Gasteiger partial charge in [-0.25, -0.2) is 0 Å². The predicted molar refractivity (Wildman–Crippen MR) is 88.1 cm³/mol. The molecular weight excluding hydrogens is 314 g/mol. The molecule has 0 saturated heterocycles. The van der Waals surface area contributed by atoms with Crippen LogP contribution in [0.4, 0.5) is 0 Å². The number of halogens is 1. The molecule has 1 atom stereocenters. The lowest BCUT2D eigenvalue weighted by Crippen LogP contribution is -2.35. The van der Waals surface area contributed by atoms with E-state index < -0.39 is 0 Å². The van der Waals surface area contributed by atoms with E-state index in [1.807, 2.05) is 0 Å². The summed E-state index contributed by atoms with van der Waals surface area (Å²) < 4.78 is 3.40. The van der Waals surface area contributed by atoms with Crippen molar-refractivity contribution in [3.8, 4) is 0 Å². The Balaban J connectivity index is 2.14. The fourth-order valence-electron chi connectivity index (χ4n) is 2.58. The van der Waals surface area contributed by atoms with Crippen LogP contribution in [0.1, 0.15) is 58.3 Å². The van der Waals surface area contributed by atoms with Gasteiger partial charge in [-0.3, -0.25) is 4.68 Å². The zero-order chi connectivity index (χ0) is 14.8. The second-order valence-electron chi connectivity index (χ2n) is 6.37. The van der Waals surface area contributed by atoms with Gasteiger partial charge in [0.1, 0.15) is 0 Å². The summed E-state index contributed by atoms with van der Waals surface area (Å²) in [5, 5.41) is 8.42. The minimum Gasteiger partial charge on any atom is -0.313 e. The van der Waals surface area contributed by atoms with E-state index in [1.165, 1.54) is 35.1 Å². The number of aromatic nitrogens is 2. The number of hydrogen-bond donors (Lipinski definition) is 1. The number of nitrogens with zero attached hydrogens (tertiary/aromatic N) is 2. The molecule has 1 heterocycles. The van der Waals surface area contributed by atoms with Gasteiger partial charge in [0.2, 0.25) is 0 Å². The lowest BCUT2D eigenvalue weighted by Gasteiger charge is -2.29. The summed E-state index contributed by atoms with van der Waals surface area (Å²) in [6, 6.07) is 0.784. The topological polar surface area (TPSA) is 29.9 Å². The average Bonchev–Trinajstić information content (AvgIpc) is 3.24. The minimum absolute atomic E-state index is 0.309. The molecule has 1 fully saturated rings. The van der Waals surface area contributed by atoms with Crippen LogP contribution in [0.3, 0.4) is 0 Å². The van der Waals surface area contributed by atoms with E-state index in [2.05, 4.69) is 53.6 Å². The molecule has 1 N–H and O–H groups in total. The first-order valence-corrected chi connectivity index (χ1v) is 8.79. The molecule has 0 aromatic carbocycles. The van der Waals surface area contributed by atoms with Crippen LogP contribution in [-0.4, -0.2) is 22.4 Å². The van der Waals surface area contributed by atoms with Crippen molar-refractivity contribution in [2.24, 2.45) is 5.41 Å². The van der Waals surface area contributed by atoms with Crippen molar-refractivity contribution in [1.29, 1.82) is 0 Å². The first-order chi connectivity index (χ1) is 9.53. The van der Waals surface area contributed by atoms with Gasteiger partial charge in [-0.2, -0.15) is 5.10 Å². The van der Waals surface area contributed by atoms with Crippen molar-refractivity contribution < 1.29 is 0 Å². The predicted octanol–water partition coefficient (Wildman–Crippen LogP) is 3.94. The molecule has 0 amide bonds. The molecular formula is C16H28BrN3. The number of aryl methyl sites for hydroxylation is 2. The Hall–Kier alpha value is -0.350. The molecule has 1 unspecified atom stereocenters. The lowest BCUT2D eigenvalue weighted by atomic mass is 9.82. The van der Waals surface area contributed by atoms with Crippen LogP contribution in [0, 0.1) is 5.41 Å². The van der Waals surface area contributed by atoms with Crippen LogP contribution in [0.5, 0.6) is 0 Å². The second kappa shape index (κ2) is 6.61. The monoisotopic (exact) mass is 341 g/mol. The zero-order valence-electron chi connectivity index (χ0n) is 13.3. The van der Waals surface area contributed by atoms with Gasteiger partial charge in [0.25, 0.3) is 0 Å². The van der Waals surface area contributed by atoms with E-state index in [-0.39, 0.29) is 0 Å². The standard InChI is InChI=1S/C16H28BrN3/c1-5-13-15(17)14(20(7-3)19-13)10-16(4,6-2)11-18-12-8-9-12/h12,18H,5-11H2,1-4H3. The van der Waals surface area contributed by atoms with E-state index in [0.29, 0.717) is 5.41 Å². The maximum atomic E-state index is 4.72. The van der Waals surface area contributed by atoms with Gasteiger partial charge in [0.05, 0.1) is 15.9 Å². The van der Waals surface area contributed by atoms with Gasteiger partial charge in [-0.1, -0.05) is 20.8 Å². The Morgan fingerprint density at radius 1 is 1.35 bits per heavy atom. The van der Waals surface area contributed by atoms with Crippen molar-refractivity contribution >= 4 is 15.9 Å². The number of hydrogen-bond acceptors (Lipinski definition) is 2. The average molecular weight is 342 g/mol. The third-order valence-corrected chi connectivity index (χ3v) is 5.45. The Kier molecular flexibility index (Phi) is 5.30. The molecule has 114 valence electrons. The summed E-state index contributed by atoms with van der Waals surface area (Å²) >= 11 is 3.77. The number of nitrogens with one attached hydrogen (secondary N) is 1. The highest BCUT2D eigenvalue weighted by atomic mass is 79.9. The maximum absolute atomic E-state index is 4.72. The third-order valence-electron chi connectivity index (χ3n) is 4.54. The van der Waals surface area contributed by atoms with Crippen LogP contribution >= 0.6 is 15.9 Å². The van der Waals surface area contributed by atoms with Crippen LogP contribution in [-0.2, 0) is 19.4 Å². The molecule has 1 aromatic heterocycles. The van der Waals surface area contributed by atoms with Gasteiger partial charge >= 0.3 is 0 Å². The summed E-state index contributed by atoms with van der Waals surface area (Å²) in [5.41, 5.74) is 2.87. The van der Waals surface area contributed by atoms with Crippen LogP contribution in [0.25, 0.3) is 0 Å². The molecule has 1 aliphatic carbocycles. The summed E-state index contributed by atoms with van der Waals surface area (Å²) in [6.45, 7) is 11.1. The fraction of sp³-hybridized carbons (Fsp3) is 0.812. The van der Waals surface area contributed by atoms with Gasteiger partial charge in [0, 0.05) is 19.1 Å². The van der Waals surface area contributed by atoms with E-state index in [1.54, 1.807) is 0 Å². The van der Waals surface area contributed by atoms with Crippen molar-refractivity contribution in [3.05, 3.63) is 15.9 Å². The molecule has 0 radical (unpaired) electrons. The van der Waals surface area contributed by atoms with Crippen molar-refractivity contribution in [2.75, 3.05) is 6.54 Å². The van der Waals surface area contributed by atoms with E-state index >= 15 is 0 Å². The van der Waals surface area contributed by atoms with Crippen molar-refractivity contribution in [2.45, 2.75) is 72.4 Å². The smallest absolute Gasteiger partial charge is 0.0766 e. The summed E-state index contributed by atoms with van der Waals surface area (Å²) in [4.78, 5) is 0. The SMILES string of the molecule is CCc1nn(CC)c(CC(C)(CC)CNC2CC2)c1Br. The van der Waals surface area contributed by atoms with Crippen LogP contribution < -0.4 is 5.32 Å². The molecule has 3 nitrogen and oxygen atoms in total. The Morgan fingerprint density at radius 3 is 2.55 bits per heavy atom. The van der Waals surface area contributed by atoms with Gasteiger partial charge in [-0.05, 0) is 60.4 Å². The number of rotatable bonds is 8. The summed E-state index contributed by atoms with van der Waals surface area (Å²) in [5.74, 6) is 0. The molecule has 4 heteroatoms. The highest BCUT2D eigenvalue weighted by molar-refractivity contribution is 9.10. The molecule has 1 aliphatic rings. The quantitative estimate of drug-likeness (QED) is 0.776. The Bertz CT molecular complexity index is 451. The summed E-state index contributed by atoms with van der Waals surface area (Å²) in [6.07, 6.45) is 5.98. The highest BCUT2D eigenvalue weighted by Gasteiger charge is 2.30. The Labute approximate surface area is 131 Å². The van der Waals surface area contributed by atoms with Crippen LogP contribution in [0.2, 0.25) is 0 Å². The molecule has 1 aromatic rings. The molecule has 0 bridgehead atoms. The third kappa shape index (κ3) is 3.64. The normalized spacial score (nSPS) is 18.2. The molecule has 0 spiro atoms. The van der Waals surface area contributed by atoms with E-state index in [9.17, 15) is 0 Å². The maximum Gasteiger partial charge on any atom is 0.0766 e. The molecule has 2 rings (SSSR count). The molecule has 1 saturated carbocycles. The van der Waals surface area contributed by atoms with Gasteiger partial charge < -0.3 is 5.32 Å². The minimum atomic E-state index is 0.309. The highest BCUT2D eigenvalue weighted by Crippen LogP contribution is 2.32. The van der Waals surface area contributed by atoms with Crippen LogP contribution in [0.15, 0.2) is 4.47 Å². The largest absolute Gasteiger partial charge is 0.313 e. The second-order valence-corrected chi connectivity index (χ2v) is 7.17. The van der Waals surface area contributed by atoms with E-state index in [0.717, 1.165) is 32.0 Å². The lowest BCUT2D eigenvalue weighted by molar-refractivity contribution is 0.281. The zero-order valence-corrected chi connectivity index (χ0v) is 14.9. The first-order valence-electron chi connectivity index (χ1n) is 8.00. The van der Waals surface area contributed by atoms with Crippen molar-refractivity contribution in [1.82, 2.24) is 15.1 Å². The fourth-order valence-corrected chi connectivity index (χ4v) is 3.29. The first kappa shape index (κ1) is 16.0.